The number of nitrogens with two attached hydrogens (primary N) is 1. The maximum Gasteiger partial charge on any atom is 0.270 e. The molecule has 1 unspecified atom stereocenters. The van der Waals surface area contributed by atoms with Crippen molar-refractivity contribution in [2.24, 2.45) is 15.1 Å². The van der Waals surface area contributed by atoms with Gasteiger partial charge in [0.05, 0.1) is 22.9 Å². The van der Waals surface area contributed by atoms with E-state index in [-0.39, 0.29) is 41.2 Å². The number of thiophene rings is 1. The first-order valence-corrected chi connectivity index (χ1v) is 16.5. The third-order valence-corrected chi connectivity index (χ3v) is 9.37. The standard InChI is InChI=1S/C28H28N6O5S3/c29-42(38,39)20-9-7-18(8-10-20)13-14-30-25(36)17-41-28-32-22-6-2-1-5-21(22)26-33-27(37)23(34(26)28)11-12-24(35)31-16-19-4-3-15-40-19/h1-10,15,23H,11-14,16-17H2,(H,30,36)(H,31,35)(H2,29,38,39). The number of para-hydroxylation sites is 1. The SMILES string of the molecule is NS(=O)(=O)c1ccc(CCNC(=O)CSC2=Nc3ccccc3C3=NC(=O)C(CCC(=O)NCc4cccs4)N23)cc1. The summed E-state index contributed by atoms with van der Waals surface area (Å²) in [7, 11) is -3.76. The fourth-order valence-electron chi connectivity index (χ4n) is 4.50. The minimum atomic E-state index is -3.76. The molecule has 5 rings (SSSR count). The predicted molar refractivity (Wildman–Crippen MR) is 163 cm³/mol. The maximum absolute atomic E-state index is 13.0. The number of nitrogens with zero attached hydrogens (tertiary/aromatic N) is 3. The molecule has 0 aliphatic carbocycles. The summed E-state index contributed by atoms with van der Waals surface area (Å²) in [6.45, 7) is 0.786. The number of fused-ring (bicyclic) bond motifs is 3. The summed E-state index contributed by atoms with van der Waals surface area (Å²) in [6, 6.07) is 16.7. The summed E-state index contributed by atoms with van der Waals surface area (Å²) >= 11 is 2.76. The van der Waals surface area contributed by atoms with Gasteiger partial charge in [-0.1, -0.05) is 42.1 Å². The first-order valence-electron chi connectivity index (χ1n) is 13.1. The second kappa shape index (κ2) is 13.0. The van der Waals surface area contributed by atoms with E-state index < -0.39 is 16.1 Å². The van der Waals surface area contributed by atoms with E-state index in [4.69, 9.17) is 10.1 Å². The Morgan fingerprint density at radius 2 is 1.79 bits per heavy atom. The Labute approximate surface area is 251 Å². The number of hydrogen-bond acceptors (Lipinski definition) is 9. The Balaban J connectivity index is 1.19. The highest BCUT2D eigenvalue weighted by molar-refractivity contribution is 8.14. The van der Waals surface area contributed by atoms with E-state index in [0.29, 0.717) is 36.2 Å². The number of nitrogens with one attached hydrogen (secondary N) is 2. The van der Waals surface area contributed by atoms with Crippen molar-refractivity contribution in [3.05, 3.63) is 82.0 Å². The van der Waals surface area contributed by atoms with Crippen LogP contribution in [0.2, 0.25) is 0 Å². The number of hydrogen-bond donors (Lipinski definition) is 3. The summed E-state index contributed by atoms with van der Waals surface area (Å²) in [5.74, 6) is -0.209. The van der Waals surface area contributed by atoms with Gasteiger partial charge in [-0.15, -0.1) is 11.3 Å². The zero-order valence-electron chi connectivity index (χ0n) is 22.4. The molecule has 0 saturated carbocycles. The Hall–Kier alpha value is -3.85. The second-order valence-corrected chi connectivity index (χ2v) is 13.1. The fourth-order valence-corrected chi connectivity index (χ4v) is 6.54. The molecule has 3 aromatic rings. The summed E-state index contributed by atoms with van der Waals surface area (Å²) in [5.41, 5.74) is 2.22. The van der Waals surface area contributed by atoms with Gasteiger partial charge in [0.2, 0.25) is 21.8 Å². The molecule has 0 saturated heterocycles. The molecule has 11 nitrogen and oxygen atoms in total. The number of amidine groups is 2. The average Bonchev–Trinajstić information content (AvgIpc) is 3.61. The second-order valence-electron chi connectivity index (χ2n) is 9.54. The smallest absolute Gasteiger partial charge is 0.270 e. The van der Waals surface area contributed by atoms with E-state index >= 15 is 0 Å². The quantitative estimate of drug-likeness (QED) is 0.295. The van der Waals surface area contributed by atoms with Crippen molar-refractivity contribution >= 4 is 67.5 Å². The van der Waals surface area contributed by atoms with Crippen LogP contribution >= 0.6 is 23.1 Å². The molecule has 0 bridgehead atoms. The molecule has 3 heterocycles. The largest absolute Gasteiger partial charge is 0.355 e. The summed E-state index contributed by atoms with van der Waals surface area (Å²) in [4.78, 5) is 50.1. The number of rotatable bonds is 11. The third kappa shape index (κ3) is 7.13. The minimum Gasteiger partial charge on any atom is -0.355 e. The van der Waals surface area contributed by atoms with Crippen molar-refractivity contribution < 1.29 is 22.8 Å². The van der Waals surface area contributed by atoms with Crippen molar-refractivity contribution in [2.75, 3.05) is 12.3 Å². The summed E-state index contributed by atoms with van der Waals surface area (Å²) in [6.07, 6.45) is 0.892. The number of amides is 3. The van der Waals surface area contributed by atoms with Gasteiger partial charge >= 0.3 is 0 Å². The van der Waals surface area contributed by atoms with E-state index in [0.717, 1.165) is 16.0 Å². The van der Waals surface area contributed by atoms with Crippen molar-refractivity contribution in [2.45, 2.75) is 36.7 Å². The highest BCUT2D eigenvalue weighted by Crippen LogP contribution is 2.35. The van der Waals surface area contributed by atoms with Crippen LogP contribution in [0, 0.1) is 0 Å². The minimum absolute atomic E-state index is 0.0298. The maximum atomic E-state index is 13.0. The van der Waals surface area contributed by atoms with Gasteiger partial charge in [-0.25, -0.2) is 18.5 Å². The van der Waals surface area contributed by atoms with Gasteiger partial charge in [0.25, 0.3) is 5.91 Å². The zero-order valence-corrected chi connectivity index (χ0v) is 24.8. The molecule has 0 fully saturated rings. The van der Waals surface area contributed by atoms with Crippen LogP contribution < -0.4 is 15.8 Å². The van der Waals surface area contributed by atoms with Crippen LogP contribution in [0.15, 0.2) is 80.9 Å². The van der Waals surface area contributed by atoms with Crippen LogP contribution in [-0.4, -0.2) is 60.4 Å². The van der Waals surface area contributed by atoms with Gasteiger partial charge in [0, 0.05) is 23.4 Å². The molecule has 0 spiro atoms. The van der Waals surface area contributed by atoms with Gasteiger partial charge in [-0.2, -0.15) is 4.99 Å². The molecule has 42 heavy (non-hydrogen) atoms. The number of carbonyl (C=O) groups is 3. The predicted octanol–water partition coefficient (Wildman–Crippen LogP) is 2.54. The van der Waals surface area contributed by atoms with Crippen LogP contribution in [0.25, 0.3) is 0 Å². The van der Waals surface area contributed by atoms with Gasteiger partial charge in [0.1, 0.15) is 11.9 Å². The normalized spacial score (nSPS) is 15.9. The molecule has 218 valence electrons. The third-order valence-electron chi connectivity index (χ3n) is 6.61. The molecule has 14 heteroatoms. The van der Waals surface area contributed by atoms with E-state index in [1.165, 1.54) is 23.9 Å². The van der Waals surface area contributed by atoms with Gasteiger partial charge in [0.15, 0.2) is 5.17 Å². The van der Waals surface area contributed by atoms with Crippen LogP contribution in [0.1, 0.15) is 28.8 Å². The molecule has 0 radical (unpaired) electrons. The van der Waals surface area contributed by atoms with Crippen molar-refractivity contribution in [3.63, 3.8) is 0 Å². The number of primary sulfonamides is 1. The Morgan fingerprint density at radius 3 is 2.52 bits per heavy atom. The van der Waals surface area contributed by atoms with Gasteiger partial charge < -0.3 is 10.6 Å². The molecule has 2 aliphatic rings. The number of benzene rings is 2. The number of sulfonamides is 1. The molecule has 1 aromatic heterocycles. The van der Waals surface area contributed by atoms with Gasteiger partial charge in [-0.05, 0) is 54.1 Å². The lowest BCUT2D eigenvalue weighted by atomic mass is 10.1. The first-order chi connectivity index (χ1) is 20.2. The average molecular weight is 625 g/mol. The monoisotopic (exact) mass is 624 g/mol. The van der Waals surface area contributed by atoms with Crippen molar-refractivity contribution in [1.29, 1.82) is 0 Å². The molecule has 3 amide bonds. The molecule has 2 aliphatic heterocycles. The molecule has 2 aromatic carbocycles. The van der Waals surface area contributed by atoms with E-state index in [2.05, 4.69) is 15.6 Å². The number of thioether (sulfide) groups is 1. The van der Waals surface area contributed by atoms with Crippen LogP contribution in [0.3, 0.4) is 0 Å². The Morgan fingerprint density at radius 1 is 1.00 bits per heavy atom. The lowest BCUT2D eigenvalue weighted by molar-refractivity contribution is -0.122. The lowest BCUT2D eigenvalue weighted by Gasteiger charge is -2.31. The highest BCUT2D eigenvalue weighted by atomic mass is 32.2. The van der Waals surface area contributed by atoms with E-state index in [1.807, 2.05) is 41.8 Å². The van der Waals surface area contributed by atoms with Crippen molar-refractivity contribution in [3.8, 4) is 0 Å². The Kier molecular flexibility index (Phi) is 9.16. The Bertz CT molecular complexity index is 1650. The van der Waals surface area contributed by atoms with Crippen molar-refractivity contribution in [1.82, 2.24) is 15.5 Å². The van der Waals surface area contributed by atoms with E-state index in [9.17, 15) is 22.8 Å². The summed E-state index contributed by atoms with van der Waals surface area (Å²) < 4.78 is 22.8. The fraction of sp³-hybridized carbons (Fsp3) is 0.250. The first kappa shape index (κ1) is 29.6. The van der Waals surface area contributed by atoms with Crippen LogP contribution in [0.4, 0.5) is 5.69 Å². The molecule has 4 N–H and O–H groups in total. The summed E-state index contributed by atoms with van der Waals surface area (Å²) in [5, 5.41) is 13.3. The number of aliphatic imine (C=N–C) groups is 2. The molecular weight excluding hydrogens is 597 g/mol. The van der Waals surface area contributed by atoms with E-state index in [1.54, 1.807) is 28.4 Å². The zero-order chi connectivity index (χ0) is 29.7. The number of carbonyl (C=O) groups excluding carboxylic acids is 3. The van der Waals surface area contributed by atoms with Crippen LogP contribution in [0.5, 0.6) is 0 Å². The van der Waals surface area contributed by atoms with Crippen LogP contribution in [-0.2, 0) is 37.4 Å². The molecular formula is C28H28N6O5S3. The van der Waals surface area contributed by atoms with Gasteiger partial charge in [-0.3, -0.25) is 19.3 Å². The topological polar surface area (TPSA) is 163 Å². The lowest BCUT2D eigenvalue weighted by Crippen LogP contribution is -2.44. The molecule has 1 atom stereocenters. The highest BCUT2D eigenvalue weighted by Gasteiger charge is 2.41.